The van der Waals surface area contributed by atoms with Gasteiger partial charge in [-0.3, -0.25) is 14.5 Å². The number of para-hydroxylation sites is 1. The highest BCUT2D eigenvalue weighted by Crippen LogP contribution is 2.31. The third-order valence-corrected chi connectivity index (χ3v) is 3.54. The van der Waals surface area contributed by atoms with Crippen molar-refractivity contribution in [1.82, 2.24) is 0 Å². The molecule has 0 aromatic heterocycles. The molecule has 0 N–H and O–H groups in total. The monoisotopic (exact) mass is 276 g/mol. The average molecular weight is 276 g/mol. The predicted octanol–water partition coefficient (Wildman–Crippen LogP) is 2.81. The topological polar surface area (TPSA) is 61.2 Å². The van der Waals surface area contributed by atoms with Crippen LogP contribution in [0.25, 0.3) is 0 Å². The molecule has 0 aliphatic carbocycles. The number of carbonyl (C=O) groups excluding carboxylic acids is 2. The van der Waals surface area contributed by atoms with Crippen LogP contribution in [0.5, 0.6) is 0 Å². The number of anilines is 1. The maximum Gasteiger partial charge on any atom is 0.259 e. The van der Waals surface area contributed by atoms with E-state index >= 15 is 0 Å². The van der Waals surface area contributed by atoms with Crippen molar-refractivity contribution < 1.29 is 9.59 Å². The molecule has 2 aromatic carbocycles. The van der Waals surface area contributed by atoms with E-state index in [2.05, 4.69) is 6.07 Å². The Morgan fingerprint density at radius 3 is 2.48 bits per heavy atom. The van der Waals surface area contributed by atoms with Gasteiger partial charge in [-0.05, 0) is 24.3 Å². The first kappa shape index (κ1) is 13.1. The molecule has 0 fully saturated rings. The van der Waals surface area contributed by atoms with E-state index in [-0.39, 0.29) is 18.1 Å². The highest BCUT2D eigenvalue weighted by atomic mass is 16.2. The van der Waals surface area contributed by atoms with Crippen molar-refractivity contribution in [3.05, 3.63) is 65.7 Å². The van der Waals surface area contributed by atoms with Crippen molar-refractivity contribution in [3.8, 4) is 6.07 Å². The van der Waals surface area contributed by atoms with E-state index in [1.165, 1.54) is 4.90 Å². The fourth-order valence-electron chi connectivity index (χ4n) is 2.54. The van der Waals surface area contributed by atoms with Gasteiger partial charge >= 0.3 is 0 Å². The number of rotatable bonds is 1. The summed E-state index contributed by atoms with van der Waals surface area (Å²) in [4.78, 5) is 26.2. The van der Waals surface area contributed by atoms with E-state index in [1.54, 1.807) is 48.5 Å². The van der Waals surface area contributed by atoms with Crippen LogP contribution >= 0.6 is 0 Å². The van der Waals surface area contributed by atoms with E-state index in [1.807, 2.05) is 6.07 Å². The number of hydrogen-bond donors (Lipinski definition) is 0. The standard InChI is InChI=1S/C17H12N2O2/c18-11-13-10-16(20)14-8-4-5-9-15(14)19(13)17(21)12-6-2-1-3-7-12/h1-9,13H,10H2. The smallest absolute Gasteiger partial charge is 0.259 e. The summed E-state index contributed by atoms with van der Waals surface area (Å²) in [5.41, 5.74) is 1.50. The molecule has 4 heteroatoms. The second kappa shape index (κ2) is 5.22. The first-order valence-electron chi connectivity index (χ1n) is 6.63. The van der Waals surface area contributed by atoms with Gasteiger partial charge in [0.1, 0.15) is 6.04 Å². The number of fused-ring (bicyclic) bond motifs is 1. The van der Waals surface area contributed by atoms with Gasteiger partial charge in [0.15, 0.2) is 5.78 Å². The maximum absolute atomic E-state index is 12.7. The lowest BCUT2D eigenvalue weighted by molar-refractivity contribution is 0.0943. The fraction of sp³-hybridized carbons (Fsp3) is 0.118. The van der Waals surface area contributed by atoms with Gasteiger partial charge in [0.2, 0.25) is 0 Å². The molecule has 3 rings (SSSR count). The summed E-state index contributed by atoms with van der Waals surface area (Å²) in [6, 6.07) is 17.0. The van der Waals surface area contributed by atoms with Gasteiger partial charge < -0.3 is 0 Å². The molecule has 0 bridgehead atoms. The van der Waals surface area contributed by atoms with E-state index in [9.17, 15) is 14.9 Å². The minimum atomic E-state index is -0.764. The van der Waals surface area contributed by atoms with Crippen LogP contribution in [0.2, 0.25) is 0 Å². The number of carbonyl (C=O) groups is 2. The zero-order valence-corrected chi connectivity index (χ0v) is 11.2. The van der Waals surface area contributed by atoms with Crippen LogP contribution in [-0.2, 0) is 0 Å². The minimum Gasteiger partial charge on any atom is -0.294 e. The molecule has 1 aliphatic heterocycles. The lowest BCUT2D eigenvalue weighted by Gasteiger charge is -2.32. The second-order valence-electron chi connectivity index (χ2n) is 4.83. The van der Waals surface area contributed by atoms with Crippen LogP contribution in [0.3, 0.4) is 0 Å². The number of nitrogens with zero attached hydrogens (tertiary/aromatic N) is 2. The summed E-state index contributed by atoms with van der Waals surface area (Å²) in [6.07, 6.45) is 0.0338. The Labute approximate surface area is 122 Å². The maximum atomic E-state index is 12.7. The Bertz CT molecular complexity index is 747. The first-order valence-corrected chi connectivity index (χ1v) is 6.63. The molecule has 4 nitrogen and oxygen atoms in total. The summed E-state index contributed by atoms with van der Waals surface area (Å²) in [5, 5.41) is 9.30. The van der Waals surface area contributed by atoms with Crippen molar-refractivity contribution in [1.29, 1.82) is 5.26 Å². The van der Waals surface area contributed by atoms with Crippen molar-refractivity contribution in [2.75, 3.05) is 4.90 Å². The van der Waals surface area contributed by atoms with Gasteiger partial charge in [0.05, 0.1) is 11.8 Å². The van der Waals surface area contributed by atoms with Crippen molar-refractivity contribution >= 4 is 17.4 Å². The molecule has 21 heavy (non-hydrogen) atoms. The van der Waals surface area contributed by atoms with Crippen LogP contribution in [0.15, 0.2) is 54.6 Å². The molecule has 0 radical (unpaired) electrons. The molecule has 1 unspecified atom stereocenters. The molecular weight excluding hydrogens is 264 g/mol. The van der Waals surface area contributed by atoms with Gasteiger partial charge in [-0.1, -0.05) is 30.3 Å². The quantitative estimate of drug-likeness (QED) is 0.804. The molecule has 0 spiro atoms. The van der Waals surface area contributed by atoms with Crippen LogP contribution in [0.4, 0.5) is 5.69 Å². The molecule has 1 aliphatic rings. The van der Waals surface area contributed by atoms with Crippen molar-refractivity contribution in [2.24, 2.45) is 0 Å². The highest BCUT2D eigenvalue weighted by molar-refractivity contribution is 6.14. The van der Waals surface area contributed by atoms with Crippen LogP contribution in [-0.4, -0.2) is 17.7 Å². The van der Waals surface area contributed by atoms with Crippen molar-refractivity contribution in [3.63, 3.8) is 0 Å². The summed E-state index contributed by atoms with van der Waals surface area (Å²) < 4.78 is 0. The molecule has 0 saturated carbocycles. The Morgan fingerprint density at radius 1 is 1.10 bits per heavy atom. The molecule has 1 atom stereocenters. The first-order chi connectivity index (χ1) is 10.2. The van der Waals surface area contributed by atoms with Crippen molar-refractivity contribution in [2.45, 2.75) is 12.5 Å². The SMILES string of the molecule is N#CC1CC(=O)c2ccccc2N1C(=O)c1ccccc1. The predicted molar refractivity (Wildman–Crippen MR) is 78.0 cm³/mol. The average Bonchev–Trinajstić information content (AvgIpc) is 2.55. The fourth-order valence-corrected chi connectivity index (χ4v) is 2.54. The van der Waals surface area contributed by atoms with E-state index < -0.39 is 6.04 Å². The number of amides is 1. The number of nitriles is 1. The third-order valence-electron chi connectivity index (χ3n) is 3.54. The Kier molecular flexibility index (Phi) is 3.25. The molecular formula is C17H12N2O2. The van der Waals surface area contributed by atoms with Crippen LogP contribution in [0.1, 0.15) is 27.1 Å². The molecule has 102 valence electrons. The van der Waals surface area contributed by atoms with Gasteiger partial charge in [-0.2, -0.15) is 5.26 Å². The zero-order valence-electron chi connectivity index (χ0n) is 11.2. The molecule has 1 heterocycles. The number of Topliss-reactive ketones (excluding diaryl/α,β-unsaturated/α-hetero) is 1. The lowest BCUT2D eigenvalue weighted by atomic mass is 9.94. The van der Waals surface area contributed by atoms with Crippen LogP contribution in [0, 0.1) is 11.3 Å². The molecule has 1 amide bonds. The van der Waals surface area contributed by atoms with E-state index in [0.717, 1.165) is 0 Å². The number of ketones is 1. The highest BCUT2D eigenvalue weighted by Gasteiger charge is 2.35. The second-order valence-corrected chi connectivity index (χ2v) is 4.83. The summed E-state index contributed by atoms with van der Waals surface area (Å²) in [6.45, 7) is 0. The molecule has 2 aromatic rings. The van der Waals surface area contributed by atoms with E-state index in [4.69, 9.17) is 0 Å². The minimum absolute atomic E-state index is 0.0338. The normalized spacial score (nSPS) is 17.0. The largest absolute Gasteiger partial charge is 0.294 e. The van der Waals surface area contributed by atoms with Gasteiger partial charge in [0.25, 0.3) is 5.91 Å². The summed E-state index contributed by atoms with van der Waals surface area (Å²) >= 11 is 0. The molecule has 0 saturated heterocycles. The number of hydrogen-bond acceptors (Lipinski definition) is 3. The Hall–Kier alpha value is -2.93. The third kappa shape index (κ3) is 2.19. The summed E-state index contributed by atoms with van der Waals surface area (Å²) in [7, 11) is 0. The van der Waals surface area contributed by atoms with E-state index in [0.29, 0.717) is 16.8 Å². The van der Waals surface area contributed by atoms with Gasteiger partial charge in [0, 0.05) is 17.5 Å². The van der Waals surface area contributed by atoms with Gasteiger partial charge in [-0.25, -0.2) is 0 Å². The number of benzene rings is 2. The zero-order chi connectivity index (χ0) is 14.8. The summed E-state index contributed by atoms with van der Waals surface area (Å²) in [5.74, 6) is -0.364. The Balaban J connectivity index is 2.11. The lowest BCUT2D eigenvalue weighted by Crippen LogP contribution is -2.44. The Morgan fingerprint density at radius 2 is 1.76 bits per heavy atom. The van der Waals surface area contributed by atoms with Crippen LogP contribution < -0.4 is 4.90 Å². The van der Waals surface area contributed by atoms with Gasteiger partial charge in [-0.15, -0.1) is 0 Å².